The van der Waals surface area contributed by atoms with Gasteiger partial charge in [0, 0.05) is 0 Å². The van der Waals surface area contributed by atoms with Crippen LogP contribution in [0.4, 0.5) is 0 Å². The van der Waals surface area contributed by atoms with Crippen LogP contribution in [0, 0.1) is 5.92 Å². The third-order valence-electron chi connectivity index (χ3n) is 2.45. The first kappa shape index (κ1) is 13.7. The highest BCUT2D eigenvalue weighted by Crippen LogP contribution is 2.22. The van der Waals surface area contributed by atoms with E-state index in [1.54, 1.807) is 0 Å². The Morgan fingerprint density at radius 2 is 2.19 bits per heavy atom. The standard InChI is InChI=1S/C10H19NO3S2/c1-8(2)6-14-9(15)11-10(3)4-5-16(12,13)7-10/h8H,4-7H2,1-3H3,(H,11,15)/t10-/m1/s1. The van der Waals surface area contributed by atoms with Gasteiger partial charge in [0.2, 0.25) is 0 Å². The number of ether oxygens (including phenoxy) is 1. The summed E-state index contributed by atoms with van der Waals surface area (Å²) < 4.78 is 28.1. The van der Waals surface area contributed by atoms with Crippen molar-refractivity contribution >= 4 is 27.2 Å². The predicted octanol–water partition coefficient (Wildman–Crippen LogP) is 1.11. The highest BCUT2D eigenvalue weighted by Gasteiger charge is 2.39. The molecule has 0 radical (unpaired) electrons. The third kappa shape index (κ3) is 4.25. The van der Waals surface area contributed by atoms with E-state index in [1.165, 1.54) is 0 Å². The van der Waals surface area contributed by atoms with Gasteiger partial charge >= 0.3 is 0 Å². The summed E-state index contributed by atoms with van der Waals surface area (Å²) in [6, 6.07) is 0. The quantitative estimate of drug-likeness (QED) is 0.775. The van der Waals surface area contributed by atoms with Gasteiger partial charge in [-0.25, -0.2) is 8.42 Å². The van der Waals surface area contributed by atoms with Gasteiger partial charge in [0.1, 0.15) is 0 Å². The molecule has 1 N–H and O–H groups in total. The van der Waals surface area contributed by atoms with Crippen LogP contribution in [-0.4, -0.2) is 37.2 Å². The molecule has 1 fully saturated rings. The molecule has 1 aliphatic rings. The van der Waals surface area contributed by atoms with Gasteiger partial charge in [-0.15, -0.1) is 0 Å². The summed E-state index contributed by atoms with van der Waals surface area (Å²) in [5, 5.41) is 3.30. The minimum absolute atomic E-state index is 0.130. The number of nitrogens with one attached hydrogen (secondary N) is 1. The van der Waals surface area contributed by atoms with E-state index in [4.69, 9.17) is 17.0 Å². The molecule has 0 aromatic carbocycles. The summed E-state index contributed by atoms with van der Waals surface area (Å²) in [5.41, 5.74) is -0.465. The van der Waals surface area contributed by atoms with E-state index < -0.39 is 15.4 Å². The van der Waals surface area contributed by atoms with Crippen molar-refractivity contribution in [1.29, 1.82) is 0 Å². The summed E-state index contributed by atoms with van der Waals surface area (Å²) in [6.07, 6.45) is 0.584. The first-order valence-corrected chi connectivity index (χ1v) is 7.61. The first-order chi connectivity index (χ1) is 7.22. The second-order valence-electron chi connectivity index (χ2n) is 5.02. The van der Waals surface area contributed by atoms with Crippen molar-refractivity contribution in [3.05, 3.63) is 0 Å². The molecule has 94 valence electrons. The lowest BCUT2D eigenvalue weighted by Crippen LogP contribution is -2.47. The lowest BCUT2D eigenvalue weighted by atomic mass is 10.0. The molecule has 0 aliphatic carbocycles. The highest BCUT2D eigenvalue weighted by molar-refractivity contribution is 7.91. The fraction of sp³-hybridized carbons (Fsp3) is 0.900. The maximum atomic E-state index is 11.4. The van der Waals surface area contributed by atoms with E-state index in [-0.39, 0.29) is 11.5 Å². The topological polar surface area (TPSA) is 55.4 Å². The van der Waals surface area contributed by atoms with Crippen LogP contribution in [0.3, 0.4) is 0 Å². The van der Waals surface area contributed by atoms with Crippen LogP contribution in [0.15, 0.2) is 0 Å². The van der Waals surface area contributed by atoms with Crippen molar-refractivity contribution in [2.75, 3.05) is 18.1 Å². The Bertz CT molecular complexity index is 364. The number of rotatable bonds is 3. The predicted molar refractivity (Wildman–Crippen MR) is 68.2 cm³/mol. The SMILES string of the molecule is CC(C)COC(=S)N[C@]1(C)CCS(=O)(=O)C1. The monoisotopic (exact) mass is 265 g/mol. The summed E-state index contributed by atoms with van der Waals surface area (Å²) in [7, 11) is -2.91. The molecule has 1 atom stereocenters. The molecule has 0 spiro atoms. The molecule has 0 bridgehead atoms. The molecular weight excluding hydrogens is 246 g/mol. The Balaban J connectivity index is 2.45. The molecule has 1 aliphatic heterocycles. The Labute approximate surface area is 103 Å². The van der Waals surface area contributed by atoms with E-state index in [0.29, 0.717) is 24.1 Å². The Morgan fingerprint density at radius 1 is 1.56 bits per heavy atom. The van der Waals surface area contributed by atoms with E-state index in [9.17, 15) is 8.42 Å². The van der Waals surface area contributed by atoms with Crippen molar-refractivity contribution < 1.29 is 13.2 Å². The van der Waals surface area contributed by atoms with Crippen molar-refractivity contribution in [3.63, 3.8) is 0 Å². The molecule has 1 heterocycles. The van der Waals surface area contributed by atoms with Crippen LogP contribution in [0.5, 0.6) is 0 Å². The molecule has 4 nitrogen and oxygen atoms in total. The second kappa shape index (κ2) is 4.87. The van der Waals surface area contributed by atoms with Crippen molar-refractivity contribution in [2.24, 2.45) is 5.92 Å². The van der Waals surface area contributed by atoms with Crippen molar-refractivity contribution in [1.82, 2.24) is 5.32 Å². The zero-order valence-corrected chi connectivity index (χ0v) is 11.6. The van der Waals surface area contributed by atoms with Crippen LogP contribution in [0.2, 0.25) is 0 Å². The number of thiocarbonyl (C=S) groups is 1. The van der Waals surface area contributed by atoms with Gasteiger partial charge < -0.3 is 10.1 Å². The summed E-state index contributed by atoms with van der Waals surface area (Å²) in [4.78, 5) is 0. The van der Waals surface area contributed by atoms with Gasteiger partial charge in [-0.1, -0.05) is 13.8 Å². The van der Waals surface area contributed by atoms with E-state index >= 15 is 0 Å². The molecule has 0 amide bonds. The highest BCUT2D eigenvalue weighted by atomic mass is 32.2. The summed E-state index contributed by atoms with van der Waals surface area (Å²) in [5.74, 6) is 0.758. The second-order valence-corrected chi connectivity index (χ2v) is 7.57. The fourth-order valence-corrected chi connectivity index (χ4v) is 4.04. The Morgan fingerprint density at radius 3 is 2.62 bits per heavy atom. The molecular formula is C10H19NO3S2. The lowest BCUT2D eigenvalue weighted by Gasteiger charge is -2.25. The minimum Gasteiger partial charge on any atom is -0.471 e. The molecule has 6 heteroatoms. The Hall–Kier alpha value is -0.360. The van der Waals surface area contributed by atoms with E-state index in [0.717, 1.165) is 0 Å². The molecule has 1 saturated heterocycles. The number of hydrogen-bond acceptors (Lipinski definition) is 4. The largest absolute Gasteiger partial charge is 0.471 e. The minimum atomic E-state index is -2.91. The van der Waals surface area contributed by atoms with Crippen LogP contribution in [0.25, 0.3) is 0 Å². The normalized spacial score (nSPS) is 28.0. The summed E-state index contributed by atoms with van der Waals surface area (Å²) in [6.45, 7) is 6.48. The Kier molecular flexibility index (Phi) is 4.17. The van der Waals surface area contributed by atoms with Gasteiger partial charge in [-0.2, -0.15) is 0 Å². The average molecular weight is 265 g/mol. The molecule has 0 aromatic heterocycles. The number of hydrogen-bond donors (Lipinski definition) is 1. The maximum absolute atomic E-state index is 11.4. The average Bonchev–Trinajstić information content (AvgIpc) is 2.37. The first-order valence-electron chi connectivity index (χ1n) is 5.38. The van der Waals surface area contributed by atoms with Crippen LogP contribution >= 0.6 is 12.2 Å². The lowest BCUT2D eigenvalue weighted by molar-refractivity contribution is 0.244. The summed E-state index contributed by atoms with van der Waals surface area (Å²) >= 11 is 5.03. The molecule has 0 unspecified atom stereocenters. The third-order valence-corrected chi connectivity index (χ3v) is 4.58. The van der Waals surface area contributed by atoms with Crippen molar-refractivity contribution in [3.8, 4) is 0 Å². The zero-order valence-electron chi connectivity index (χ0n) is 9.95. The van der Waals surface area contributed by atoms with Crippen LogP contribution in [-0.2, 0) is 14.6 Å². The number of sulfone groups is 1. The van der Waals surface area contributed by atoms with Crippen LogP contribution < -0.4 is 5.32 Å². The fourth-order valence-electron chi connectivity index (χ4n) is 1.63. The molecule has 16 heavy (non-hydrogen) atoms. The molecule has 0 saturated carbocycles. The zero-order chi connectivity index (χ0) is 12.4. The smallest absolute Gasteiger partial charge is 0.257 e. The van der Waals surface area contributed by atoms with Gasteiger partial charge in [-0.05, 0) is 31.5 Å². The maximum Gasteiger partial charge on any atom is 0.257 e. The van der Waals surface area contributed by atoms with E-state index in [2.05, 4.69) is 5.32 Å². The van der Waals surface area contributed by atoms with Gasteiger partial charge in [-0.3, -0.25) is 0 Å². The molecule has 0 aromatic rings. The van der Waals surface area contributed by atoms with Crippen molar-refractivity contribution in [2.45, 2.75) is 32.7 Å². The van der Waals surface area contributed by atoms with Gasteiger partial charge in [0.05, 0.1) is 23.7 Å². The van der Waals surface area contributed by atoms with Gasteiger partial charge in [0.15, 0.2) is 9.84 Å². The molecule has 1 rings (SSSR count). The van der Waals surface area contributed by atoms with E-state index in [1.807, 2.05) is 20.8 Å². The van der Waals surface area contributed by atoms with Crippen LogP contribution in [0.1, 0.15) is 27.2 Å². The van der Waals surface area contributed by atoms with Gasteiger partial charge in [0.25, 0.3) is 5.17 Å².